The second-order valence-corrected chi connectivity index (χ2v) is 8.53. The number of halogens is 6. The van der Waals surface area contributed by atoms with Gasteiger partial charge >= 0.3 is 12.4 Å². The molecule has 0 bridgehead atoms. The summed E-state index contributed by atoms with van der Waals surface area (Å²) >= 11 is 0. The normalized spacial score (nSPS) is 15.9. The largest absolute Gasteiger partial charge is 0.417 e. The standard InChI is InChI=1S/C19H18F6N2O2S/c20-18(21,22)13-8-9-16(27-10-4-1-5-11-27)15(12-13)26-30(28,29)17-7-3-2-6-14(17)19(23,24)25/h2-3,6-9,12,26H,1,4-5,10-11H2. The Hall–Kier alpha value is -2.43. The molecule has 0 radical (unpaired) electrons. The van der Waals surface area contributed by atoms with Crippen molar-refractivity contribution < 1.29 is 34.8 Å². The van der Waals surface area contributed by atoms with Crippen LogP contribution in [0.25, 0.3) is 0 Å². The van der Waals surface area contributed by atoms with Gasteiger partial charge < -0.3 is 4.90 Å². The summed E-state index contributed by atoms with van der Waals surface area (Å²) in [5, 5.41) is 0. The lowest BCUT2D eigenvalue weighted by atomic mass is 10.1. The predicted molar refractivity (Wildman–Crippen MR) is 99.8 cm³/mol. The number of nitrogens with zero attached hydrogens (tertiary/aromatic N) is 1. The molecule has 1 saturated heterocycles. The van der Waals surface area contributed by atoms with Crippen molar-refractivity contribution in [3.05, 3.63) is 53.6 Å². The number of nitrogens with one attached hydrogen (secondary N) is 1. The summed E-state index contributed by atoms with van der Waals surface area (Å²) in [5.74, 6) is 0. The SMILES string of the molecule is O=S(=O)(Nc1cc(C(F)(F)F)ccc1N1CCCCC1)c1ccccc1C(F)(F)F. The zero-order valence-electron chi connectivity index (χ0n) is 15.5. The van der Waals surface area contributed by atoms with Gasteiger partial charge in [0, 0.05) is 13.1 Å². The van der Waals surface area contributed by atoms with E-state index in [4.69, 9.17) is 0 Å². The van der Waals surface area contributed by atoms with E-state index in [0.717, 1.165) is 49.6 Å². The Labute approximate surface area is 169 Å². The average molecular weight is 452 g/mol. The van der Waals surface area contributed by atoms with Crippen molar-refractivity contribution in [1.29, 1.82) is 0 Å². The van der Waals surface area contributed by atoms with Crippen LogP contribution < -0.4 is 9.62 Å². The van der Waals surface area contributed by atoms with E-state index in [2.05, 4.69) is 0 Å². The number of alkyl halides is 6. The molecule has 0 spiro atoms. The van der Waals surface area contributed by atoms with E-state index in [0.29, 0.717) is 25.2 Å². The molecule has 1 aliphatic heterocycles. The van der Waals surface area contributed by atoms with Gasteiger partial charge in [-0.1, -0.05) is 12.1 Å². The van der Waals surface area contributed by atoms with E-state index in [-0.39, 0.29) is 5.69 Å². The molecule has 11 heteroatoms. The lowest BCUT2D eigenvalue weighted by Gasteiger charge is -2.31. The van der Waals surface area contributed by atoms with Crippen molar-refractivity contribution in [2.75, 3.05) is 22.7 Å². The molecule has 2 aromatic carbocycles. The average Bonchev–Trinajstić information content (AvgIpc) is 2.67. The van der Waals surface area contributed by atoms with Crippen molar-refractivity contribution in [2.24, 2.45) is 0 Å². The van der Waals surface area contributed by atoms with Gasteiger partial charge in [0.05, 0.1) is 27.4 Å². The minimum Gasteiger partial charge on any atom is -0.370 e. The van der Waals surface area contributed by atoms with E-state index >= 15 is 0 Å². The molecule has 0 unspecified atom stereocenters. The van der Waals surface area contributed by atoms with Gasteiger partial charge in [-0.25, -0.2) is 8.42 Å². The van der Waals surface area contributed by atoms with Gasteiger partial charge in [0.15, 0.2) is 0 Å². The molecule has 164 valence electrons. The molecule has 0 aliphatic carbocycles. The highest BCUT2D eigenvalue weighted by Crippen LogP contribution is 2.39. The lowest BCUT2D eigenvalue weighted by molar-refractivity contribution is -0.140. The summed E-state index contributed by atoms with van der Waals surface area (Å²) in [7, 11) is -4.81. The minimum absolute atomic E-state index is 0.191. The van der Waals surface area contributed by atoms with Crippen LogP contribution in [0.3, 0.4) is 0 Å². The van der Waals surface area contributed by atoms with E-state index < -0.39 is 44.1 Å². The van der Waals surface area contributed by atoms with Crippen molar-refractivity contribution >= 4 is 21.4 Å². The maximum atomic E-state index is 13.3. The minimum atomic E-state index is -4.95. The third-order valence-corrected chi connectivity index (χ3v) is 6.17. The van der Waals surface area contributed by atoms with Gasteiger partial charge in [0.2, 0.25) is 0 Å². The summed E-state index contributed by atoms with van der Waals surface area (Å²) in [4.78, 5) is 0.663. The topological polar surface area (TPSA) is 49.4 Å². The molecule has 1 aliphatic rings. The third-order valence-electron chi connectivity index (χ3n) is 4.75. The fraction of sp³-hybridized carbons (Fsp3) is 0.368. The first-order valence-electron chi connectivity index (χ1n) is 9.05. The molecule has 30 heavy (non-hydrogen) atoms. The molecular weight excluding hydrogens is 434 g/mol. The molecule has 1 N–H and O–H groups in total. The van der Waals surface area contributed by atoms with Crippen LogP contribution in [0.15, 0.2) is 47.4 Å². The highest BCUT2D eigenvalue weighted by Gasteiger charge is 2.38. The highest BCUT2D eigenvalue weighted by atomic mass is 32.2. The zero-order chi connectivity index (χ0) is 22.2. The molecule has 3 rings (SSSR count). The predicted octanol–water partition coefficient (Wildman–Crippen LogP) is 5.52. The van der Waals surface area contributed by atoms with E-state index in [9.17, 15) is 34.8 Å². The quantitative estimate of drug-likeness (QED) is 0.622. The second-order valence-electron chi connectivity index (χ2n) is 6.88. The summed E-state index contributed by atoms with van der Waals surface area (Å²) in [6.45, 7) is 0.998. The molecule has 1 fully saturated rings. The fourth-order valence-electron chi connectivity index (χ4n) is 3.34. The first-order valence-corrected chi connectivity index (χ1v) is 10.5. The van der Waals surface area contributed by atoms with Crippen molar-refractivity contribution in [1.82, 2.24) is 0 Å². The third kappa shape index (κ3) is 4.82. The van der Waals surface area contributed by atoms with Gasteiger partial charge in [-0.3, -0.25) is 4.72 Å². The van der Waals surface area contributed by atoms with Crippen LogP contribution in [0.2, 0.25) is 0 Å². The van der Waals surface area contributed by atoms with Gasteiger partial charge in [-0.05, 0) is 49.6 Å². The number of hydrogen-bond donors (Lipinski definition) is 1. The number of sulfonamides is 1. The molecule has 0 saturated carbocycles. The molecule has 4 nitrogen and oxygen atoms in total. The lowest BCUT2D eigenvalue weighted by Crippen LogP contribution is -2.30. The Morgan fingerprint density at radius 2 is 1.47 bits per heavy atom. The van der Waals surface area contributed by atoms with E-state index in [1.807, 2.05) is 4.72 Å². The first kappa shape index (κ1) is 22.3. The van der Waals surface area contributed by atoms with Crippen LogP contribution in [0.1, 0.15) is 30.4 Å². The van der Waals surface area contributed by atoms with Crippen molar-refractivity contribution in [2.45, 2.75) is 36.5 Å². The van der Waals surface area contributed by atoms with Crippen LogP contribution >= 0.6 is 0 Å². The molecule has 1 heterocycles. The first-order chi connectivity index (χ1) is 13.9. The molecular formula is C19H18F6N2O2S. The van der Waals surface area contributed by atoms with Crippen molar-refractivity contribution in [3.63, 3.8) is 0 Å². The molecule has 0 aromatic heterocycles. The highest BCUT2D eigenvalue weighted by molar-refractivity contribution is 7.92. The molecule has 2 aromatic rings. The second kappa shape index (κ2) is 8.01. The van der Waals surface area contributed by atoms with Crippen LogP contribution in [0.4, 0.5) is 37.7 Å². The number of rotatable bonds is 4. The fourth-order valence-corrected chi connectivity index (χ4v) is 4.63. The van der Waals surface area contributed by atoms with Gasteiger partial charge in [-0.2, -0.15) is 26.3 Å². The van der Waals surface area contributed by atoms with Crippen LogP contribution in [0, 0.1) is 0 Å². The molecule has 0 atom stereocenters. The smallest absolute Gasteiger partial charge is 0.370 e. The maximum absolute atomic E-state index is 13.3. The Kier molecular flexibility index (Phi) is 5.94. The summed E-state index contributed by atoms with van der Waals surface area (Å²) in [6.07, 6.45) is -7.23. The van der Waals surface area contributed by atoms with Gasteiger partial charge in [0.25, 0.3) is 10.0 Å². The van der Waals surface area contributed by atoms with Crippen LogP contribution in [0.5, 0.6) is 0 Å². The van der Waals surface area contributed by atoms with E-state index in [1.54, 1.807) is 4.90 Å². The monoisotopic (exact) mass is 452 g/mol. The van der Waals surface area contributed by atoms with Gasteiger partial charge in [-0.15, -0.1) is 0 Å². The van der Waals surface area contributed by atoms with Crippen molar-refractivity contribution in [3.8, 4) is 0 Å². The van der Waals surface area contributed by atoms with Crippen LogP contribution in [-0.4, -0.2) is 21.5 Å². The number of benzene rings is 2. The Morgan fingerprint density at radius 3 is 2.07 bits per heavy atom. The Morgan fingerprint density at radius 1 is 0.833 bits per heavy atom. The van der Waals surface area contributed by atoms with Gasteiger partial charge in [0.1, 0.15) is 0 Å². The summed E-state index contributed by atoms with van der Waals surface area (Å²) in [6, 6.07) is 6.09. The summed E-state index contributed by atoms with van der Waals surface area (Å²) in [5.41, 5.74) is -2.73. The maximum Gasteiger partial charge on any atom is 0.417 e. The number of anilines is 2. The number of piperidine rings is 1. The number of hydrogen-bond acceptors (Lipinski definition) is 3. The molecule has 0 amide bonds. The Bertz CT molecular complexity index is 1010. The Balaban J connectivity index is 2.08. The van der Waals surface area contributed by atoms with E-state index in [1.165, 1.54) is 0 Å². The van der Waals surface area contributed by atoms with Crippen LogP contribution in [-0.2, 0) is 22.4 Å². The summed E-state index contributed by atoms with van der Waals surface area (Å²) < 4.78 is 107. The zero-order valence-corrected chi connectivity index (χ0v) is 16.3.